The van der Waals surface area contributed by atoms with Crippen molar-refractivity contribution in [3.05, 3.63) is 0 Å². The molecule has 1 aliphatic rings. The molecule has 6 heteroatoms. The molecule has 1 saturated heterocycles. The number of hydrogen-bond acceptors (Lipinski definition) is 3. The van der Waals surface area contributed by atoms with Gasteiger partial charge in [-0.2, -0.15) is 0 Å². The number of hydrogen-bond donors (Lipinski definition) is 2. The Labute approximate surface area is 160 Å². The first kappa shape index (κ1) is 22.9. The molecule has 0 spiro atoms. The zero-order chi connectivity index (χ0) is 16.8. The summed E-state index contributed by atoms with van der Waals surface area (Å²) in [5, 5.41) is 6.86. The predicted octanol–water partition coefficient (Wildman–Crippen LogP) is 2.70. The largest absolute Gasteiger partial charge is 0.373 e. The maximum absolute atomic E-state index is 5.84. The Hall–Kier alpha value is -0.0800. The number of nitrogens with one attached hydrogen (secondary N) is 2. The minimum Gasteiger partial charge on any atom is -0.373 e. The summed E-state index contributed by atoms with van der Waals surface area (Å²) in [5.74, 6) is 1.60. The summed E-state index contributed by atoms with van der Waals surface area (Å²) in [6, 6.07) is 0. The second kappa shape index (κ2) is 10.7. The van der Waals surface area contributed by atoms with E-state index >= 15 is 0 Å². The van der Waals surface area contributed by atoms with E-state index < -0.39 is 0 Å². The molecular weight excluding hydrogens is 403 g/mol. The number of ether oxygens (including phenoxy) is 1. The third kappa shape index (κ3) is 8.54. The van der Waals surface area contributed by atoms with Crippen LogP contribution >= 0.6 is 24.0 Å². The molecule has 0 aromatic rings. The van der Waals surface area contributed by atoms with Crippen LogP contribution in [0.5, 0.6) is 0 Å². The van der Waals surface area contributed by atoms with Crippen molar-refractivity contribution in [2.75, 3.05) is 33.2 Å². The van der Waals surface area contributed by atoms with Crippen LogP contribution < -0.4 is 10.6 Å². The predicted molar refractivity (Wildman–Crippen MR) is 110 cm³/mol. The zero-order valence-electron chi connectivity index (χ0n) is 16.0. The molecule has 0 radical (unpaired) electrons. The van der Waals surface area contributed by atoms with E-state index in [-0.39, 0.29) is 29.5 Å². The lowest BCUT2D eigenvalue weighted by Crippen LogP contribution is -2.59. The SMILES string of the molecule is CN=C(NCCC(C)C)NCC(C)(C)N1CC(C)OC(C)C1.I. The topological polar surface area (TPSA) is 48.9 Å². The van der Waals surface area contributed by atoms with Gasteiger partial charge in [0.15, 0.2) is 5.96 Å². The van der Waals surface area contributed by atoms with Crippen LogP contribution in [0.1, 0.15) is 48.0 Å². The molecule has 5 nitrogen and oxygen atoms in total. The van der Waals surface area contributed by atoms with Gasteiger partial charge in [-0.05, 0) is 40.0 Å². The van der Waals surface area contributed by atoms with Crippen LogP contribution in [0.4, 0.5) is 0 Å². The van der Waals surface area contributed by atoms with E-state index in [0.717, 1.165) is 38.6 Å². The summed E-state index contributed by atoms with van der Waals surface area (Å²) in [5.41, 5.74) is 0.0714. The minimum absolute atomic E-state index is 0. The quantitative estimate of drug-likeness (QED) is 0.379. The van der Waals surface area contributed by atoms with Gasteiger partial charge < -0.3 is 15.4 Å². The summed E-state index contributed by atoms with van der Waals surface area (Å²) in [7, 11) is 1.83. The van der Waals surface area contributed by atoms with Gasteiger partial charge in [0.1, 0.15) is 0 Å². The van der Waals surface area contributed by atoms with Crippen molar-refractivity contribution in [2.45, 2.75) is 65.7 Å². The van der Waals surface area contributed by atoms with E-state index in [9.17, 15) is 0 Å². The van der Waals surface area contributed by atoms with Gasteiger partial charge >= 0.3 is 0 Å². The fourth-order valence-electron chi connectivity index (χ4n) is 2.78. The Kier molecular flexibility index (Phi) is 10.7. The molecule has 0 aromatic carbocycles. The van der Waals surface area contributed by atoms with E-state index in [0.29, 0.717) is 18.1 Å². The number of morpholine rings is 1. The first-order valence-electron chi connectivity index (χ1n) is 8.59. The summed E-state index contributed by atoms with van der Waals surface area (Å²) < 4.78 is 5.84. The average molecular weight is 440 g/mol. The van der Waals surface area contributed by atoms with Gasteiger partial charge in [0.2, 0.25) is 0 Å². The van der Waals surface area contributed by atoms with Crippen molar-refractivity contribution >= 4 is 29.9 Å². The van der Waals surface area contributed by atoms with Gasteiger partial charge in [0, 0.05) is 38.8 Å². The Balaban J connectivity index is 0.00000484. The lowest BCUT2D eigenvalue weighted by Gasteiger charge is -2.45. The molecule has 1 aliphatic heterocycles. The van der Waals surface area contributed by atoms with Crippen molar-refractivity contribution in [2.24, 2.45) is 10.9 Å². The number of halogens is 1. The van der Waals surface area contributed by atoms with Gasteiger partial charge in [0.05, 0.1) is 12.2 Å². The number of aliphatic imine (C=N–C) groups is 1. The third-order valence-corrected chi connectivity index (χ3v) is 4.20. The van der Waals surface area contributed by atoms with Gasteiger partial charge in [-0.3, -0.25) is 9.89 Å². The van der Waals surface area contributed by atoms with E-state index in [2.05, 4.69) is 62.1 Å². The van der Waals surface area contributed by atoms with Crippen LogP contribution in [-0.4, -0.2) is 61.8 Å². The number of guanidine groups is 1. The van der Waals surface area contributed by atoms with Crippen LogP contribution in [0.3, 0.4) is 0 Å². The van der Waals surface area contributed by atoms with Gasteiger partial charge in [0.25, 0.3) is 0 Å². The molecule has 2 atom stereocenters. The molecule has 1 fully saturated rings. The monoisotopic (exact) mass is 440 g/mol. The normalized spacial score (nSPS) is 23.6. The van der Waals surface area contributed by atoms with Crippen LogP contribution in [0.2, 0.25) is 0 Å². The van der Waals surface area contributed by atoms with Gasteiger partial charge in [-0.25, -0.2) is 0 Å². The Bertz CT molecular complexity index is 351. The molecule has 2 unspecified atom stereocenters. The van der Waals surface area contributed by atoms with Gasteiger partial charge in [-0.15, -0.1) is 24.0 Å². The van der Waals surface area contributed by atoms with Crippen molar-refractivity contribution in [3.8, 4) is 0 Å². The third-order valence-electron chi connectivity index (χ3n) is 4.20. The first-order valence-corrected chi connectivity index (χ1v) is 8.59. The fraction of sp³-hybridized carbons (Fsp3) is 0.941. The maximum atomic E-state index is 5.84. The van der Waals surface area contributed by atoms with E-state index in [1.165, 1.54) is 0 Å². The minimum atomic E-state index is 0. The molecule has 0 amide bonds. The molecule has 23 heavy (non-hydrogen) atoms. The second-order valence-electron chi connectivity index (χ2n) is 7.51. The van der Waals surface area contributed by atoms with E-state index in [4.69, 9.17) is 4.74 Å². The molecule has 1 rings (SSSR count). The summed E-state index contributed by atoms with van der Waals surface area (Å²) in [4.78, 5) is 6.83. The molecule has 0 bridgehead atoms. The van der Waals surface area contributed by atoms with Crippen molar-refractivity contribution in [3.63, 3.8) is 0 Å². The molecule has 0 saturated carbocycles. The fourth-order valence-corrected chi connectivity index (χ4v) is 2.78. The summed E-state index contributed by atoms with van der Waals surface area (Å²) in [6.07, 6.45) is 1.75. The highest BCUT2D eigenvalue weighted by atomic mass is 127. The zero-order valence-corrected chi connectivity index (χ0v) is 18.3. The highest BCUT2D eigenvalue weighted by molar-refractivity contribution is 14.0. The van der Waals surface area contributed by atoms with Crippen molar-refractivity contribution in [1.82, 2.24) is 15.5 Å². The number of rotatable bonds is 6. The van der Waals surface area contributed by atoms with E-state index in [1.54, 1.807) is 0 Å². The standard InChI is InChI=1S/C17H36N4O.HI/c1-13(2)8-9-19-16(18-7)20-12-17(5,6)21-10-14(3)22-15(4)11-21;/h13-15H,8-12H2,1-7H3,(H2,18,19,20);1H. The van der Waals surface area contributed by atoms with Crippen LogP contribution in [0, 0.1) is 5.92 Å². The first-order chi connectivity index (χ1) is 10.2. The Morgan fingerprint density at radius 3 is 2.26 bits per heavy atom. The summed E-state index contributed by atoms with van der Waals surface area (Å²) in [6.45, 7) is 17.1. The Morgan fingerprint density at radius 1 is 1.22 bits per heavy atom. The lowest BCUT2D eigenvalue weighted by molar-refractivity contribution is -0.0946. The summed E-state index contributed by atoms with van der Waals surface area (Å²) >= 11 is 0. The Morgan fingerprint density at radius 2 is 1.78 bits per heavy atom. The van der Waals surface area contributed by atoms with Crippen molar-refractivity contribution < 1.29 is 4.74 Å². The number of nitrogens with zero attached hydrogens (tertiary/aromatic N) is 2. The van der Waals surface area contributed by atoms with Crippen LogP contribution in [-0.2, 0) is 4.74 Å². The molecule has 2 N–H and O–H groups in total. The highest BCUT2D eigenvalue weighted by Crippen LogP contribution is 2.20. The lowest BCUT2D eigenvalue weighted by atomic mass is 10.00. The van der Waals surface area contributed by atoms with Crippen molar-refractivity contribution in [1.29, 1.82) is 0 Å². The molecule has 0 aromatic heterocycles. The molecular formula is C17H37IN4O. The average Bonchev–Trinajstić information content (AvgIpc) is 2.41. The maximum Gasteiger partial charge on any atom is 0.191 e. The molecule has 1 heterocycles. The molecule has 138 valence electrons. The second-order valence-corrected chi connectivity index (χ2v) is 7.51. The van der Waals surface area contributed by atoms with E-state index in [1.807, 2.05) is 7.05 Å². The van der Waals surface area contributed by atoms with Crippen LogP contribution in [0.15, 0.2) is 4.99 Å². The van der Waals surface area contributed by atoms with Crippen LogP contribution in [0.25, 0.3) is 0 Å². The smallest absolute Gasteiger partial charge is 0.191 e. The molecule has 0 aliphatic carbocycles. The van der Waals surface area contributed by atoms with Gasteiger partial charge in [-0.1, -0.05) is 13.8 Å². The highest BCUT2D eigenvalue weighted by Gasteiger charge is 2.33.